The molecule has 8 heteroatoms. The summed E-state index contributed by atoms with van der Waals surface area (Å²) < 4.78 is 17.8. The highest BCUT2D eigenvalue weighted by atomic mass is 19.1. The SMILES string of the molecule is CC(C)(C)OC(N)=O.CCCC(=O)Nc1cccc(F)c1C(=O)O. The molecule has 134 valence electrons. The van der Waals surface area contributed by atoms with E-state index in [4.69, 9.17) is 10.8 Å². The van der Waals surface area contributed by atoms with Gasteiger partial charge in [0.2, 0.25) is 5.91 Å². The van der Waals surface area contributed by atoms with Crippen LogP contribution in [0.1, 0.15) is 50.9 Å². The lowest BCUT2D eigenvalue weighted by molar-refractivity contribution is -0.116. The lowest BCUT2D eigenvalue weighted by Crippen LogP contribution is -2.27. The van der Waals surface area contributed by atoms with Crippen LogP contribution >= 0.6 is 0 Å². The normalized spacial score (nSPS) is 10.2. The number of amides is 2. The van der Waals surface area contributed by atoms with Crippen LogP contribution in [0.15, 0.2) is 18.2 Å². The van der Waals surface area contributed by atoms with Gasteiger partial charge in [0.25, 0.3) is 0 Å². The third-order valence-corrected chi connectivity index (χ3v) is 2.39. The fourth-order valence-electron chi connectivity index (χ4n) is 1.59. The number of carbonyl (C=O) groups excluding carboxylic acids is 2. The van der Waals surface area contributed by atoms with Crippen molar-refractivity contribution in [2.45, 2.75) is 46.1 Å². The Kier molecular flexibility index (Phi) is 8.44. The van der Waals surface area contributed by atoms with E-state index in [0.717, 1.165) is 6.07 Å². The van der Waals surface area contributed by atoms with Crippen molar-refractivity contribution in [1.82, 2.24) is 0 Å². The standard InChI is InChI=1S/C11H12FNO3.C5H11NO2/c1-2-4-9(14)13-8-6-3-5-7(12)10(8)11(15)16;1-5(2,3)8-4(6)7/h3,5-6H,2,4H2,1H3,(H,13,14)(H,15,16);1-3H3,(H2,6,7). The Hall–Kier alpha value is -2.64. The van der Waals surface area contributed by atoms with Crippen LogP contribution in [-0.2, 0) is 9.53 Å². The van der Waals surface area contributed by atoms with Crippen molar-refractivity contribution in [2.24, 2.45) is 5.73 Å². The van der Waals surface area contributed by atoms with Crippen LogP contribution in [0.4, 0.5) is 14.9 Å². The molecule has 0 heterocycles. The number of carboxylic acid groups (broad SMARTS) is 1. The van der Waals surface area contributed by atoms with E-state index in [2.05, 4.69) is 10.1 Å². The third-order valence-electron chi connectivity index (χ3n) is 2.39. The second kappa shape index (κ2) is 9.49. The van der Waals surface area contributed by atoms with Crippen LogP contribution in [-0.4, -0.2) is 28.7 Å². The number of ether oxygens (including phenoxy) is 1. The quantitative estimate of drug-likeness (QED) is 0.776. The maximum Gasteiger partial charge on any atom is 0.405 e. The maximum absolute atomic E-state index is 13.2. The summed E-state index contributed by atoms with van der Waals surface area (Å²) in [7, 11) is 0. The van der Waals surface area contributed by atoms with Gasteiger partial charge in [0.15, 0.2) is 0 Å². The van der Waals surface area contributed by atoms with E-state index in [9.17, 15) is 18.8 Å². The fraction of sp³-hybridized carbons (Fsp3) is 0.438. The Morgan fingerprint density at radius 1 is 1.29 bits per heavy atom. The molecule has 7 nitrogen and oxygen atoms in total. The highest BCUT2D eigenvalue weighted by Crippen LogP contribution is 2.19. The van der Waals surface area contributed by atoms with Crippen LogP contribution in [0.25, 0.3) is 0 Å². The minimum absolute atomic E-state index is 0.00838. The van der Waals surface area contributed by atoms with E-state index in [1.54, 1.807) is 20.8 Å². The van der Waals surface area contributed by atoms with Crippen LogP contribution in [0.3, 0.4) is 0 Å². The predicted molar refractivity (Wildman–Crippen MR) is 87.3 cm³/mol. The van der Waals surface area contributed by atoms with Gasteiger partial charge in [-0.2, -0.15) is 0 Å². The molecule has 0 spiro atoms. The number of rotatable bonds is 4. The molecule has 24 heavy (non-hydrogen) atoms. The molecule has 0 fully saturated rings. The average molecular weight is 342 g/mol. The largest absolute Gasteiger partial charge is 0.478 e. The molecule has 0 atom stereocenters. The van der Waals surface area contributed by atoms with E-state index in [0.29, 0.717) is 6.42 Å². The smallest absolute Gasteiger partial charge is 0.405 e. The average Bonchev–Trinajstić information content (AvgIpc) is 2.35. The molecule has 0 saturated heterocycles. The molecule has 0 aromatic heterocycles. The van der Waals surface area contributed by atoms with Crippen molar-refractivity contribution in [3.05, 3.63) is 29.6 Å². The number of hydrogen-bond donors (Lipinski definition) is 3. The van der Waals surface area contributed by atoms with Gasteiger partial charge >= 0.3 is 12.1 Å². The van der Waals surface area contributed by atoms with E-state index in [-0.39, 0.29) is 18.0 Å². The van der Waals surface area contributed by atoms with Crippen molar-refractivity contribution in [3.63, 3.8) is 0 Å². The molecule has 1 aromatic rings. The first kappa shape index (κ1) is 21.4. The molecule has 0 aliphatic rings. The van der Waals surface area contributed by atoms with Crippen molar-refractivity contribution < 1.29 is 28.6 Å². The first-order valence-corrected chi connectivity index (χ1v) is 7.28. The molecule has 2 amide bonds. The number of nitrogens with one attached hydrogen (secondary N) is 1. The topological polar surface area (TPSA) is 119 Å². The predicted octanol–water partition coefficient (Wildman–Crippen LogP) is 3.14. The number of carbonyl (C=O) groups is 3. The van der Waals surface area contributed by atoms with Gasteiger partial charge in [-0.15, -0.1) is 0 Å². The highest BCUT2D eigenvalue weighted by Gasteiger charge is 2.16. The van der Waals surface area contributed by atoms with Gasteiger partial charge < -0.3 is 20.9 Å². The minimum atomic E-state index is -1.40. The Morgan fingerprint density at radius 2 is 1.88 bits per heavy atom. The summed E-state index contributed by atoms with van der Waals surface area (Å²) in [4.78, 5) is 32.1. The molecule has 4 N–H and O–H groups in total. The summed E-state index contributed by atoms with van der Waals surface area (Å²) in [6, 6.07) is 3.75. The van der Waals surface area contributed by atoms with Crippen molar-refractivity contribution in [1.29, 1.82) is 0 Å². The summed E-state index contributed by atoms with van der Waals surface area (Å²) in [5.41, 5.74) is 3.75. The molecule has 0 unspecified atom stereocenters. The van der Waals surface area contributed by atoms with Crippen molar-refractivity contribution in [2.75, 3.05) is 5.32 Å². The van der Waals surface area contributed by atoms with Crippen LogP contribution < -0.4 is 11.1 Å². The molecule has 0 aliphatic carbocycles. The zero-order valence-electron chi connectivity index (χ0n) is 14.2. The second-order valence-corrected chi connectivity index (χ2v) is 5.80. The molecular weight excluding hydrogens is 319 g/mol. The Labute approximate surface area is 140 Å². The lowest BCUT2D eigenvalue weighted by Gasteiger charge is -2.16. The van der Waals surface area contributed by atoms with Gasteiger partial charge in [0.1, 0.15) is 17.0 Å². The maximum atomic E-state index is 13.2. The summed E-state index contributed by atoms with van der Waals surface area (Å²) in [5, 5.41) is 11.2. The summed E-state index contributed by atoms with van der Waals surface area (Å²) in [5.74, 6) is -2.58. The number of halogens is 1. The van der Waals surface area contributed by atoms with Gasteiger partial charge in [-0.3, -0.25) is 4.79 Å². The zero-order chi connectivity index (χ0) is 18.9. The van der Waals surface area contributed by atoms with Gasteiger partial charge in [0.05, 0.1) is 5.69 Å². The van der Waals surface area contributed by atoms with Gasteiger partial charge in [0, 0.05) is 6.42 Å². The van der Waals surface area contributed by atoms with E-state index >= 15 is 0 Å². The summed E-state index contributed by atoms with van der Waals surface area (Å²) >= 11 is 0. The van der Waals surface area contributed by atoms with Crippen molar-refractivity contribution >= 4 is 23.7 Å². The van der Waals surface area contributed by atoms with Crippen LogP contribution in [0.2, 0.25) is 0 Å². The van der Waals surface area contributed by atoms with E-state index in [1.807, 2.05) is 6.92 Å². The Bertz CT molecular complexity index is 597. The molecule has 0 radical (unpaired) electrons. The second-order valence-electron chi connectivity index (χ2n) is 5.80. The number of hydrogen-bond acceptors (Lipinski definition) is 4. The van der Waals surface area contributed by atoms with Crippen LogP contribution in [0.5, 0.6) is 0 Å². The van der Waals surface area contributed by atoms with Gasteiger partial charge in [-0.25, -0.2) is 14.0 Å². The number of aromatic carboxylic acids is 1. The summed E-state index contributed by atoms with van der Waals surface area (Å²) in [6.45, 7) is 7.11. The lowest BCUT2D eigenvalue weighted by atomic mass is 10.1. The minimum Gasteiger partial charge on any atom is -0.478 e. The fourth-order valence-corrected chi connectivity index (χ4v) is 1.59. The first-order valence-electron chi connectivity index (χ1n) is 7.28. The van der Waals surface area contributed by atoms with Gasteiger partial charge in [-0.1, -0.05) is 13.0 Å². The molecule has 0 saturated carbocycles. The Balaban J connectivity index is 0.000000561. The molecule has 1 aromatic carbocycles. The van der Waals surface area contributed by atoms with E-state index < -0.39 is 29.0 Å². The number of primary amides is 1. The number of nitrogens with two attached hydrogens (primary N) is 1. The monoisotopic (exact) mass is 342 g/mol. The van der Waals surface area contributed by atoms with Gasteiger partial charge in [-0.05, 0) is 39.3 Å². The van der Waals surface area contributed by atoms with Crippen molar-refractivity contribution in [3.8, 4) is 0 Å². The van der Waals surface area contributed by atoms with Crippen LogP contribution in [0, 0.1) is 5.82 Å². The molecule has 0 aliphatic heterocycles. The summed E-state index contributed by atoms with van der Waals surface area (Å²) in [6.07, 6.45) is 0.191. The highest BCUT2D eigenvalue weighted by molar-refractivity contribution is 6.00. The molecular formula is C16H23FN2O5. The Morgan fingerprint density at radius 3 is 2.25 bits per heavy atom. The zero-order valence-corrected chi connectivity index (χ0v) is 14.2. The number of carboxylic acids is 1. The molecule has 0 bridgehead atoms. The molecule has 1 rings (SSSR count). The third kappa shape index (κ3) is 8.72. The first-order chi connectivity index (χ1) is 11.0. The van der Waals surface area contributed by atoms with E-state index in [1.165, 1.54) is 12.1 Å². The number of benzene rings is 1. The number of anilines is 1.